The van der Waals surface area contributed by atoms with E-state index in [9.17, 15) is 22.8 Å². The predicted molar refractivity (Wildman–Crippen MR) is 91.9 cm³/mol. The van der Waals surface area contributed by atoms with Crippen LogP contribution in [-0.4, -0.2) is 56.9 Å². The summed E-state index contributed by atoms with van der Waals surface area (Å²) < 4.78 is 31.3. The number of esters is 1. The Bertz CT molecular complexity index is 785. The highest BCUT2D eigenvalue weighted by Crippen LogP contribution is 2.21. The fourth-order valence-corrected chi connectivity index (χ4v) is 3.92. The molecular weight excluding hydrogens is 362 g/mol. The topological polar surface area (TPSA) is 122 Å². The van der Waals surface area contributed by atoms with Crippen LogP contribution in [0.5, 0.6) is 0 Å². The Morgan fingerprint density at radius 1 is 1.12 bits per heavy atom. The van der Waals surface area contributed by atoms with E-state index in [1.54, 1.807) is 0 Å². The van der Waals surface area contributed by atoms with E-state index in [0.29, 0.717) is 13.1 Å². The average molecular weight is 383 g/mol. The number of imide groups is 1. The molecule has 2 rings (SSSR count). The molecule has 1 aromatic rings. The molecule has 0 spiro atoms. The molecule has 26 heavy (non-hydrogen) atoms. The van der Waals surface area contributed by atoms with Gasteiger partial charge in [0.1, 0.15) is 0 Å². The lowest BCUT2D eigenvalue weighted by atomic mass is 10.2. The zero-order valence-corrected chi connectivity index (χ0v) is 15.3. The molecule has 1 atom stereocenters. The van der Waals surface area contributed by atoms with E-state index in [1.165, 1.54) is 42.5 Å². The summed E-state index contributed by atoms with van der Waals surface area (Å²) in [7, 11) is -2.22. The van der Waals surface area contributed by atoms with E-state index in [0.717, 1.165) is 12.8 Å². The molecule has 1 heterocycles. The smallest absolute Gasteiger partial charge is 0.338 e. The second-order valence-electron chi connectivity index (χ2n) is 5.75. The maximum absolute atomic E-state index is 12.4. The van der Waals surface area contributed by atoms with Gasteiger partial charge in [-0.2, -0.15) is 4.31 Å². The molecule has 0 radical (unpaired) electrons. The van der Waals surface area contributed by atoms with Gasteiger partial charge in [0, 0.05) is 20.1 Å². The number of sulfonamides is 1. The van der Waals surface area contributed by atoms with Crippen LogP contribution in [-0.2, 0) is 19.6 Å². The van der Waals surface area contributed by atoms with Gasteiger partial charge in [0.2, 0.25) is 10.0 Å². The molecule has 2 N–H and O–H groups in total. The van der Waals surface area contributed by atoms with Crippen molar-refractivity contribution in [1.29, 1.82) is 0 Å². The minimum Gasteiger partial charge on any atom is -0.449 e. The molecule has 0 unspecified atom stereocenters. The summed E-state index contributed by atoms with van der Waals surface area (Å²) in [6.07, 6.45) is 0.479. The number of carbonyl (C=O) groups excluding carboxylic acids is 3. The molecule has 1 aromatic carbocycles. The first kappa shape index (κ1) is 19.9. The van der Waals surface area contributed by atoms with Crippen molar-refractivity contribution in [3.8, 4) is 0 Å². The van der Waals surface area contributed by atoms with Gasteiger partial charge in [-0.25, -0.2) is 18.0 Å². The van der Waals surface area contributed by atoms with Gasteiger partial charge >= 0.3 is 12.0 Å². The van der Waals surface area contributed by atoms with E-state index in [1.807, 2.05) is 5.32 Å². The van der Waals surface area contributed by atoms with Crippen LogP contribution in [0.25, 0.3) is 0 Å². The maximum Gasteiger partial charge on any atom is 0.338 e. The molecule has 1 aliphatic heterocycles. The number of hydrogen-bond acceptors (Lipinski definition) is 6. The minimum atomic E-state index is -3.56. The van der Waals surface area contributed by atoms with Crippen LogP contribution in [0.2, 0.25) is 0 Å². The molecule has 142 valence electrons. The third kappa shape index (κ3) is 4.58. The molecule has 1 aliphatic rings. The van der Waals surface area contributed by atoms with Crippen LogP contribution in [0, 0.1) is 0 Å². The number of ether oxygens (including phenoxy) is 1. The molecule has 10 heteroatoms. The van der Waals surface area contributed by atoms with Gasteiger partial charge in [-0.3, -0.25) is 10.1 Å². The second kappa shape index (κ2) is 8.28. The van der Waals surface area contributed by atoms with Gasteiger partial charge in [0.25, 0.3) is 5.91 Å². The van der Waals surface area contributed by atoms with Crippen LogP contribution in [0.3, 0.4) is 0 Å². The highest BCUT2D eigenvalue weighted by Gasteiger charge is 2.27. The molecule has 0 bridgehead atoms. The standard InChI is InChI=1S/C16H21N3O6S/c1-11(14(20)18-16(22)17-2)25-15(21)12-5-7-13(8-6-12)26(23,24)19-9-3-4-10-19/h5-8,11H,3-4,9-10H2,1-2H3,(H2,17,18,20,22)/t11-/m1/s1. The fourth-order valence-electron chi connectivity index (χ4n) is 2.40. The number of nitrogens with zero attached hydrogens (tertiary/aromatic N) is 1. The summed E-state index contributed by atoms with van der Waals surface area (Å²) in [5, 5.41) is 4.20. The lowest BCUT2D eigenvalue weighted by molar-refractivity contribution is -0.127. The number of carbonyl (C=O) groups is 3. The molecule has 1 saturated heterocycles. The van der Waals surface area contributed by atoms with E-state index in [2.05, 4.69) is 5.32 Å². The van der Waals surface area contributed by atoms with Crippen molar-refractivity contribution in [2.24, 2.45) is 0 Å². The molecular formula is C16H21N3O6S. The van der Waals surface area contributed by atoms with Crippen LogP contribution in [0.1, 0.15) is 30.1 Å². The SMILES string of the molecule is CNC(=O)NC(=O)[C@@H](C)OC(=O)c1ccc(S(=O)(=O)N2CCCC2)cc1. The second-order valence-corrected chi connectivity index (χ2v) is 7.69. The molecule has 9 nitrogen and oxygen atoms in total. The normalized spacial score (nSPS) is 15.9. The molecule has 3 amide bonds. The number of benzene rings is 1. The van der Waals surface area contributed by atoms with Crippen LogP contribution in [0.15, 0.2) is 29.2 Å². The van der Waals surface area contributed by atoms with Gasteiger partial charge in [0.15, 0.2) is 6.10 Å². The van der Waals surface area contributed by atoms with Gasteiger partial charge in [0.05, 0.1) is 10.5 Å². The highest BCUT2D eigenvalue weighted by atomic mass is 32.2. The number of amides is 3. The van der Waals surface area contributed by atoms with Crippen LogP contribution >= 0.6 is 0 Å². The van der Waals surface area contributed by atoms with Crippen molar-refractivity contribution in [1.82, 2.24) is 14.9 Å². The number of rotatable bonds is 5. The van der Waals surface area contributed by atoms with Crippen molar-refractivity contribution < 1.29 is 27.5 Å². The molecule has 1 fully saturated rings. The van der Waals surface area contributed by atoms with E-state index >= 15 is 0 Å². The molecule has 0 aliphatic carbocycles. The minimum absolute atomic E-state index is 0.0985. The Balaban J connectivity index is 2.02. The number of urea groups is 1. The fraction of sp³-hybridized carbons (Fsp3) is 0.438. The van der Waals surface area contributed by atoms with E-state index in [-0.39, 0.29) is 10.5 Å². The summed E-state index contributed by atoms with van der Waals surface area (Å²) in [5.74, 6) is -1.57. The van der Waals surface area contributed by atoms with E-state index < -0.39 is 34.0 Å². The average Bonchev–Trinajstić information content (AvgIpc) is 3.17. The monoisotopic (exact) mass is 383 g/mol. The van der Waals surface area contributed by atoms with Crippen LogP contribution < -0.4 is 10.6 Å². The summed E-state index contributed by atoms with van der Waals surface area (Å²) in [4.78, 5) is 34.9. The number of nitrogens with one attached hydrogen (secondary N) is 2. The van der Waals surface area contributed by atoms with Crippen molar-refractivity contribution in [2.45, 2.75) is 30.8 Å². The van der Waals surface area contributed by atoms with Crippen molar-refractivity contribution in [3.63, 3.8) is 0 Å². The lowest BCUT2D eigenvalue weighted by Gasteiger charge is -2.16. The summed E-state index contributed by atoms with van der Waals surface area (Å²) in [6.45, 7) is 2.30. The van der Waals surface area contributed by atoms with E-state index in [4.69, 9.17) is 4.74 Å². The summed E-state index contributed by atoms with van der Waals surface area (Å²) in [6, 6.07) is 4.61. The Hall–Kier alpha value is -2.46. The largest absolute Gasteiger partial charge is 0.449 e. The van der Waals surface area contributed by atoms with Gasteiger partial charge in [-0.05, 0) is 44.0 Å². The van der Waals surface area contributed by atoms with Gasteiger partial charge < -0.3 is 10.1 Å². The Morgan fingerprint density at radius 3 is 2.23 bits per heavy atom. The third-order valence-corrected chi connectivity index (χ3v) is 5.82. The summed E-state index contributed by atoms with van der Waals surface area (Å²) >= 11 is 0. The number of hydrogen-bond donors (Lipinski definition) is 2. The molecule has 0 saturated carbocycles. The van der Waals surface area contributed by atoms with Crippen molar-refractivity contribution >= 4 is 27.9 Å². The first-order valence-corrected chi connectivity index (χ1v) is 9.53. The lowest BCUT2D eigenvalue weighted by Crippen LogP contribution is -2.43. The Kier molecular flexibility index (Phi) is 6.32. The predicted octanol–water partition coefficient (Wildman–Crippen LogP) is 0.472. The summed E-state index contributed by atoms with van der Waals surface area (Å²) in [5.41, 5.74) is 0.102. The quantitative estimate of drug-likeness (QED) is 0.713. The van der Waals surface area contributed by atoms with Gasteiger partial charge in [-0.1, -0.05) is 0 Å². The first-order valence-electron chi connectivity index (χ1n) is 8.09. The zero-order chi connectivity index (χ0) is 19.3. The molecule has 0 aromatic heterocycles. The Morgan fingerprint density at radius 2 is 1.69 bits per heavy atom. The zero-order valence-electron chi connectivity index (χ0n) is 14.5. The van der Waals surface area contributed by atoms with Crippen LogP contribution in [0.4, 0.5) is 4.79 Å². The first-order chi connectivity index (χ1) is 12.3. The maximum atomic E-state index is 12.4. The highest BCUT2D eigenvalue weighted by molar-refractivity contribution is 7.89. The third-order valence-electron chi connectivity index (χ3n) is 3.91. The Labute approximate surface area is 151 Å². The van der Waals surface area contributed by atoms with Gasteiger partial charge in [-0.15, -0.1) is 0 Å². The van der Waals surface area contributed by atoms with Crippen molar-refractivity contribution in [3.05, 3.63) is 29.8 Å². The van der Waals surface area contributed by atoms with Crippen molar-refractivity contribution in [2.75, 3.05) is 20.1 Å².